The Balaban J connectivity index is 3.00. The van der Waals surface area contributed by atoms with E-state index in [0.717, 1.165) is 38.5 Å². The quantitative estimate of drug-likeness (QED) is 0.338. The maximum absolute atomic E-state index is 10.2. The van der Waals surface area contributed by atoms with Gasteiger partial charge in [-0.3, -0.25) is 0 Å². The molecule has 0 unspecified atom stereocenters. The highest BCUT2D eigenvalue weighted by molar-refractivity contribution is 5.68. The fourth-order valence-corrected chi connectivity index (χ4v) is 1.81. The Labute approximate surface area is 143 Å². The second-order valence-corrected chi connectivity index (χ2v) is 5.24. The second kappa shape index (κ2) is 18.1. The van der Waals surface area contributed by atoms with Crippen LogP contribution in [0.1, 0.15) is 38.5 Å². The van der Waals surface area contributed by atoms with E-state index in [1.165, 1.54) is 0 Å². The summed E-state index contributed by atoms with van der Waals surface area (Å²) in [6, 6.07) is 0. The largest absolute Gasteiger partial charge is 0.480 e. The summed E-state index contributed by atoms with van der Waals surface area (Å²) in [5.74, 6) is -1.88. The van der Waals surface area contributed by atoms with Gasteiger partial charge in [-0.25, -0.2) is 9.59 Å². The highest BCUT2D eigenvalue weighted by atomic mass is 16.5. The van der Waals surface area contributed by atoms with E-state index in [-0.39, 0.29) is 13.2 Å². The first-order valence-electron chi connectivity index (χ1n) is 8.37. The monoisotopic (exact) mass is 350 g/mol. The molecule has 0 radical (unpaired) electrons. The van der Waals surface area contributed by atoms with Gasteiger partial charge in [0, 0.05) is 26.4 Å². The summed E-state index contributed by atoms with van der Waals surface area (Å²) >= 11 is 0. The number of aliphatic carboxylic acids is 2. The summed E-state index contributed by atoms with van der Waals surface area (Å²) < 4.78 is 20.7. The highest BCUT2D eigenvalue weighted by Gasteiger charge is 1.97. The molecule has 0 fully saturated rings. The van der Waals surface area contributed by atoms with E-state index in [2.05, 4.69) is 0 Å². The lowest BCUT2D eigenvalue weighted by molar-refractivity contribution is -0.143. The van der Waals surface area contributed by atoms with E-state index in [1.54, 1.807) is 0 Å². The van der Waals surface area contributed by atoms with Gasteiger partial charge in [0.15, 0.2) is 0 Å². The van der Waals surface area contributed by atoms with Crippen LogP contribution in [0.25, 0.3) is 0 Å². The highest BCUT2D eigenvalue weighted by Crippen LogP contribution is 1.98. The van der Waals surface area contributed by atoms with Crippen molar-refractivity contribution in [2.45, 2.75) is 38.5 Å². The van der Waals surface area contributed by atoms with Crippen molar-refractivity contribution in [1.29, 1.82) is 0 Å². The smallest absolute Gasteiger partial charge is 0.329 e. The van der Waals surface area contributed by atoms with Gasteiger partial charge in [-0.1, -0.05) is 0 Å². The molecule has 0 aliphatic heterocycles. The molecular weight excluding hydrogens is 320 g/mol. The van der Waals surface area contributed by atoms with Gasteiger partial charge < -0.3 is 29.2 Å². The lowest BCUT2D eigenvalue weighted by Crippen LogP contribution is -2.09. The molecule has 0 heterocycles. The van der Waals surface area contributed by atoms with Crippen molar-refractivity contribution in [2.75, 3.05) is 52.9 Å². The Bertz CT molecular complexity index is 278. The first-order chi connectivity index (χ1) is 11.6. The Morgan fingerprint density at radius 3 is 1.17 bits per heavy atom. The minimum absolute atomic E-state index is 0.233. The zero-order valence-electron chi connectivity index (χ0n) is 14.2. The molecule has 2 N–H and O–H groups in total. The van der Waals surface area contributed by atoms with Crippen LogP contribution in [0.3, 0.4) is 0 Å². The van der Waals surface area contributed by atoms with Crippen LogP contribution in [-0.2, 0) is 28.5 Å². The van der Waals surface area contributed by atoms with Gasteiger partial charge >= 0.3 is 11.9 Å². The molecule has 0 atom stereocenters. The van der Waals surface area contributed by atoms with Gasteiger partial charge in [0.25, 0.3) is 0 Å². The molecule has 0 aliphatic carbocycles. The van der Waals surface area contributed by atoms with Crippen molar-refractivity contribution in [3.63, 3.8) is 0 Å². The summed E-state index contributed by atoms with van der Waals surface area (Å²) in [7, 11) is 0. The van der Waals surface area contributed by atoms with E-state index >= 15 is 0 Å². The first-order valence-corrected chi connectivity index (χ1v) is 8.37. The van der Waals surface area contributed by atoms with Crippen molar-refractivity contribution in [3.05, 3.63) is 0 Å². The molecule has 0 saturated carbocycles. The van der Waals surface area contributed by atoms with Gasteiger partial charge in [0.2, 0.25) is 0 Å². The van der Waals surface area contributed by atoms with E-state index < -0.39 is 11.9 Å². The van der Waals surface area contributed by atoms with Crippen LogP contribution in [0.2, 0.25) is 0 Å². The van der Waals surface area contributed by atoms with E-state index in [1.807, 2.05) is 0 Å². The molecule has 0 aromatic carbocycles. The Morgan fingerprint density at radius 2 is 0.833 bits per heavy atom. The van der Waals surface area contributed by atoms with Crippen molar-refractivity contribution in [1.82, 2.24) is 0 Å². The summed E-state index contributed by atoms with van der Waals surface area (Å²) in [5.41, 5.74) is 0. The van der Waals surface area contributed by atoms with Crippen LogP contribution in [0, 0.1) is 0 Å². The minimum Gasteiger partial charge on any atom is -0.480 e. The van der Waals surface area contributed by atoms with Crippen LogP contribution in [0.5, 0.6) is 0 Å². The third kappa shape index (κ3) is 20.8. The van der Waals surface area contributed by atoms with Crippen molar-refractivity contribution in [3.8, 4) is 0 Å². The third-order valence-corrected chi connectivity index (χ3v) is 2.98. The molecule has 8 nitrogen and oxygen atoms in total. The zero-order chi connectivity index (χ0) is 17.9. The standard InChI is InChI=1S/C16H30O8/c17-15(18)13-23-9-5-1-3-7-21-11-12-22-8-4-2-6-10-24-14-16(19)20/h1-14H2,(H,17,18)(H,19,20). The predicted octanol–water partition coefficient (Wildman–Crippen LogP) is 1.56. The van der Waals surface area contributed by atoms with Crippen LogP contribution >= 0.6 is 0 Å². The Kier molecular flexibility index (Phi) is 17.2. The lowest BCUT2D eigenvalue weighted by Gasteiger charge is -2.06. The minimum atomic E-state index is -0.940. The van der Waals surface area contributed by atoms with Gasteiger partial charge in [-0.15, -0.1) is 0 Å². The van der Waals surface area contributed by atoms with Crippen LogP contribution in [-0.4, -0.2) is 75.0 Å². The van der Waals surface area contributed by atoms with Crippen LogP contribution in [0.15, 0.2) is 0 Å². The van der Waals surface area contributed by atoms with Gasteiger partial charge in [-0.2, -0.15) is 0 Å². The number of rotatable bonds is 19. The number of hydrogen-bond donors (Lipinski definition) is 2. The molecule has 24 heavy (non-hydrogen) atoms. The van der Waals surface area contributed by atoms with Crippen molar-refractivity contribution in [2.24, 2.45) is 0 Å². The second-order valence-electron chi connectivity index (χ2n) is 5.24. The third-order valence-electron chi connectivity index (χ3n) is 2.98. The molecule has 142 valence electrons. The maximum Gasteiger partial charge on any atom is 0.329 e. The summed E-state index contributed by atoms with van der Waals surface area (Å²) in [5, 5.41) is 16.8. The topological polar surface area (TPSA) is 112 Å². The number of carbonyl (C=O) groups is 2. The molecule has 0 amide bonds. The number of ether oxygens (including phenoxy) is 4. The number of carboxylic acids is 2. The summed E-state index contributed by atoms with van der Waals surface area (Å²) in [6.07, 6.45) is 5.42. The van der Waals surface area contributed by atoms with Crippen LogP contribution in [0.4, 0.5) is 0 Å². The predicted molar refractivity (Wildman–Crippen MR) is 86.2 cm³/mol. The number of unbranched alkanes of at least 4 members (excludes halogenated alkanes) is 4. The molecule has 0 spiro atoms. The maximum atomic E-state index is 10.2. The SMILES string of the molecule is O=C(O)COCCCCCOCCOCCCCCOCC(=O)O. The fraction of sp³-hybridized carbons (Fsp3) is 0.875. The Morgan fingerprint density at radius 1 is 0.500 bits per heavy atom. The first kappa shape index (κ1) is 22.8. The molecule has 0 rings (SSSR count). The fourth-order valence-electron chi connectivity index (χ4n) is 1.81. The average molecular weight is 350 g/mol. The van der Waals surface area contributed by atoms with Gasteiger partial charge in [0.1, 0.15) is 13.2 Å². The average Bonchev–Trinajstić information content (AvgIpc) is 2.53. The summed E-state index contributed by atoms with van der Waals surface area (Å²) in [4.78, 5) is 20.4. The molecule has 0 aliphatic rings. The van der Waals surface area contributed by atoms with E-state index in [0.29, 0.717) is 39.6 Å². The van der Waals surface area contributed by atoms with E-state index in [4.69, 9.17) is 29.2 Å². The molecule has 8 heteroatoms. The number of hydrogen-bond acceptors (Lipinski definition) is 6. The van der Waals surface area contributed by atoms with Crippen molar-refractivity contribution < 1.29 is 38.7 Å². The van der Waals surface area contributed by atoms with Gasteiger partial charge in [0.05, 0.1) is 13.2 Å². The molecule has 0 saturated heterocycles. The lowest BCUT2D eigenvalue weighted by atomic mass is 10.2. The molecule has 0 aromatic rings. The molecule has 0 bridgehead atoms. The molecular formula is C16H30O8. The normalized spacial score (nSPS) is 10.8. The van der Waals surface area contributed by atoms with Crippen molar-refractivity contribution >= 4 is 11.9 Å². The summed E-state index contributed by atoms with van der Waals surface area (Å²) in [6.45, 7) is 2.95. The zero-order valence-corrected chi connectivity index (χ0v) is 14.2. The Hall–Kier alpha value is -1.22. The molecule has 0 aromatic heterocycles. The van der Waals surface area contributed by atoms with E-state index in [9.17, 15) is 9.59 Å². The van der Waals surface area contributed by atoms with Crippen LogP contribution < -0.4 is 0 Å². The van der Waals surface area contributed by atoms with Gasteiger partial charge in [-0.05, 0) is 38.5 Å². The number of carboxylic acid groups (broad SMARTS) is 2.